The van der Waals surface area contributed by atoms with Crippen molar-refractivity contribution in [1.29, 1.82) is 5.26 Å². The third kappa shape index (κ3) is 3.82. The van der Waals surface area contributed by atoms with Gasteiger partial charge < -0.3 is 10.5 Å². The normalized spacial score (nSPS) is 10.7. The van der Waals surface area contributed by atoms with E-state index in [0.29, 0.717) is 45.8 Å². The molecule has 9 nitrogen and oxygen atoms in total. The van der Waals surface area contributed by atoms with Crippen LogP contribution in [0.4, 0.5) is 0 Å². The minimum absolute atomic E-state index is 0.361. The van der Waals surface area contributed by atoms with Gasteiger partial charge in [-0.1, -0.05) is 11.3 Å². The zero-order valence-corrected chi connectivity index (χ0v) is 16.5. The molecule has 0 atom stereocenters. The molecule has 29 heavy (non-hydrogen) atoms. The maximum absolute atomic E-state index is 9.29. The highest BCUT2D eigenvalue weighted by atomic mass is 32.1. The smallest absolute Gasteiger partial charge is 0.218 e. The number of aryl methyl sites for hydroxylation is 2. The highest BCUT2D eigenvalue weighted by Crippen LogP contribution is 2.34. The van der Waals surface area contributed by atoms with Crippen molar-refractivity contribution in [2.24, 2.45) is 12.8 Å². The fourth-order valence-electron chi connectivity index (χ4n) is 2.62. The maximum Gasteiger partial charge on any atom is 0.218 e. The third-order valence-corrected chi connectivity index (χ3v) is 4.95. The summed E-state index contributed by atoms with van der Waals surface area (Å²) in [6.45, 7) is 2.25. The zero-order chi connectivity index (χ0) is 20.4. The molecule has 144 valence electrons. The van der Waals surface area contributed by atoms with Gasteiger partial charge in [-0.15, -0.1) is 10.2 Å². The lowest BCUT2D eigenvalue weighted by molar-refractivity contribution is 0.432. The van der Waals surface area contributed by atoms with Crippen LogP contribution in [0.1, 0.15) is 16.1 Å². The summed E-state index contributed by atoms with van der Waals surface area (Å²) in [7, 11) is 1.77. The van der Waals surface area contributed by atoms with Gasteiger partial charge in [0.25, 0.3) is 0 Å². The number of hydrogen-bond acceptors (Lipinski definition) is 9. The number of benzene rings is 1. The quantitative estimate of drug-likeness (QED) is 0.538. The second-order valence-electron chi connectivity index (χ2n) is 6.16. The largest absolute Gasteiger partial charge is 0.438 e. The molecule has 0 aliphatic rings. The number of nitrogens with zero attached hydrogens (tertiary/aromatic N) is 7. The molecule has 0 saturated carbocycles. The molecular weight excluding hydrogens is 388 g/mol. The van der Waals surface area contributed by atoms with Crippen molar-refractivity contribution in [3.05, 3.63) is 52.8 Å². The standard InChI is InChI=1S/C19H16N8OS/c1-11-24-25-19(29-11)15-6-17(27(2)26-15)28-16-5-12(7-20)3-4-14(16)18-22-9-13(8-21)10-23-18/h3-6,9-10H,8,21H2,1-2H3. The van der Waals surface area contributed by atoms with Crippen LogP contribution in [0.15, 0.2) is 36.7 Å². The SMILES string of the molecule is Cc1nnc(-c2cc(Oc3cc(C#N)ccc3-c3ncc(CN)cn3)n(C)n2)s1. The molecule has 0 saturated heterocycles. The first kappa shape index (κ1) is 18.7. The minimum atomic E-state index is 0.361. The molecule has 1 aromatic carbocycles. The van der Waals surface area contributed by atoms with Crippen LogP contribution < -0.4 is 10.5 Å². The molecule has 0 aliphatic heterocycles. The summed E-state index contributed by atoms with van der Waals surface area (Å²) in [5, 5.41) is 23.4. The summed E-state index contributed by atoms with van der Waals surface area (Å²) < 4.78 is 7.71. The monoisotopic (exact) mass is 404 g/mol. The van der Waals surface area contributed by atoms with Gasteiger partial charge in [0, 0.05) is 37.6 Å². The topological polar surface area (TPSA) is 128 Å². The van der Waals surface area contributed by atoms with Crippen molar-refractivity contribution in [2.75, 3.05) is 0 Å². The van der Waals surface area contributed by atoms with E-state index in [1.807, 2.05) is 6.92 Å². The molecule has 0 fully saturated rings. The zero-order valence-electron chi connectivity index (χ0n) is 15.7. The summed E-state index contributed by atoms with van der Waals surface area (Å²) in [5.41, 5.74) is 8.22. The van der Waals surface area contributed by atoms with E-state index in [4.69, 9.17) is 10.5 Å². The Morgan fingerprint density at radius 3 is 2.66 bits per heavy atom. The Balaban J connectivity index is 1.72. The van der Waals surface area contributed by atoms with Crippen LogP contribution in [0.5, 0.6) is 11.6 Å². The number of hydrogen-bond donors (Lipinski definition) is 1. The van der Waals surface area contributed by atoms with E-state index < -0.39 is 0 Å². The lowest BCUT2D eigenvalue weighted by Crippen LogP contribution is -2.01. The number of ether oxygens (including phenoxy) is 1. The number of nitriles is 1. The van der Waals surface area contributed by atoms with Gasteiger partial charge in [-0.25, -0.2) is 14.6 Å². The molecule has 2 N–H and O–H groups in total. The van der Waals surface area contributed by atoms with Crippen molar-refractivity contribution in [2.45, 2.75) is 13.5 Å². The Bertz CT molecular complexity index is 1210. The molecular formula is C19H16N8OS. The Labute approximate surface area is 170 Å². The molecule has 10 heteroatoms. The van der Waals surface area contributed by atoms with E-state index in [9.17, 15) is 5.26 Å². The second-order valence-corrected chi connectivity index (χ2v) is 7.34. The molecule has 4 rings (SSSR count). The maximum atomic E-state index is 9.29. The predicted molar refractivity (Wildman–Crippen MR) is 107 cm³/mol. The van der Waals surface area contributed by atoms with Gasteiger partial charge in [-0.05, 0) is 25.1 Å². The molecule has 0 bridgehead atoms. The summed E-state index contributed by atoms with van der Waals surface area (Å²) in [6, 6.07) is 9.01. The highest BCUT2D eigenvalue weighted by Gasteiger charge is 2.16. The Morgan fingerprint density at radius 2 is 2.00 bits per heavy atom. The molecule has 0 unspecified atom stereocenters. The summed E-state index contributed by atoms with van der Waals surface area (Å²) in [4.78, 5) is 8.72. The van der Waals surface area contributed by atoms with Crippen molar-refractivity contribution >= 4 is 11.3 Å². The molecule has 3 aromatic heterocycles. The van der Waals surface area contributed by atoms with Crippen LogP contribution in [-0.4, -0.2) is 29.9 Å². The van der Waals surface area contributed by atoms with Gasteiger partial charge in [0.05, 0.1) is 17.2 Å². The number of rotatable bonds is 5. The van der Waals surface area contributed by atoms with Gasteiger partial charge in [0.15, 0.2) is 10.8 Å². The van der Waals surface area contributed by atoms with Gasteiger partial charge in [0.2, 0.25) is 5.88 Å². The average molecular weight is 404 g/mol. The van der Waals surface area contributed by atoms with Crippen LogP contribution in [0, 0.1) is 18.3 Å². The van der Waals surface area contributed by atoms with Crippen molar-refractivity contribution in [1.82, 2.24) is 29.9 Å². The van der Waals surface area contributed by atoms with Crippen molar-refractivity contribution < 1.29 is 4.74 Å². The van der Waals surface area contributed by atoms with Crippen LogP contribution >= 0.6 is 11.3 Å². The van der Waals surface area contributed by atoms with Gasteiger partial charge in [-0.2, -0.15) is 10.4 Å². The predicted octanol–water partition coefficient (Wildman–Crippen LogP) is 2.83. The Morgan fingerprint density at radius 1 is 1.21 bits per heavy atom. The minimum Gasteiger partial charge on any atom is -0.438 e. The fourth-order valence-corrected chi connectivity index (χ4v) is 3.27. The van der Waals surface area contributed by atoms with Crippen LogP contribution in [-0.2, 0) is 13.6 Å². The van der Waals surface area contributed by atoms with E-state index in [-0.39, 0.29) is 0 Å². The molecule has 0 radical (unpaired) electrons. The average Bonchev–Trinajstić information content (AvgIpc) is 3.34. The summed E-state index contributed by atoms with van der Waals surface area (Å²) >= 11 is 1.45. The summed E-state index contributed by atoms with van der Waals surface area (Å²) in [6.07, 6.45) is 3.34. The van der Waals surface area contributed by atoms with Crippen molar-refractivity contribution in [3.8, 4) is 39.8 Å². The van der Waals surface area contributed by atoms with E-state index in [1.54, 1.807) is 48.4 Å². The molecule has 4 aromatic rings. The van der Waals surface area contributed by atoms with Crippen LogP contribution in [0.3, 0.4) is 0 Å². The highest BCUT2D eigenvalue weighted by molar-refractivity contribution is 7.14. The third-order valence-electron chi connectivity index (χ3n) is 4.09. The lowest BCUT2D eigenvalue weighted by atomic mass is 10.1. The number of aromatic nitrogens is 6. The van der Waals surface area contributed by atoms with E-state index in [1.165, 1.54) is 11.3 Å². The van der Waals surface area contributed by atoms with Crippen molar-refractivity contribution in [3.63, 3.8) is 0 Å². The first-order valence-electron chi connectivity index (χ1n) is 8.65. The molecule has 3 heterocycles. The van der Waals surface area contributed by atoms with Crippen LogP contribution in [0.25, 0.3) is 22.1 Å². The van der Waals surface area contributed by atoms with Gasteiger partial charge >= 0.3 is 0 Å². The van der Waals surface area contributed by atoms with E-state index in [0.717, 1.165) is 10.6 Å². The van der Waals surface area contributed by atoms with Crippen LogP contribution in [0.2, 0.25) is 0 Å². The van der Waals surface area contributed by atoms with Gasteiger partial charge in [0.1, 0.15) is 16.5 Å². The first-order chi connectivity index (χ1) is 14.1. The lowest BCUT2D eigenvalue weighted by Gasteiger charge is -2.11. The first-order valence-corrected chi connectivity index (χ1v) is 9.47. The van der Waals surface area contributed by atoms with E-state index >= 15 is 0 Å². The molecule has 0 spiro atoms. The molecule has 0 aliphatic carbocycles. The fraction of sp³-hybridized carbons (Fsp3) is 0.158. The Hall–Kier alpha value is -3.68. The number of nitrogens with two attached hydrogens (primary N) is 1. The summed E-state index contributed by atoms with van der Waals surface area (Å²) in [5.74, 6) is 1.42. The van der Waals surface area contributed by atoms with E-state index in [2.05, 4.69) is 31.3 Å². The molecule has 0 amide bonds. The Kier molecular flexibility index (Phi) is 4.99. The second kappa shape index (κ2) is 7.75. The van der Waals surface area contributed by atoms with Gasteiger partial charge in [-0.3, -0.25) is 0 Å².